The number of hydrogen-bond donors (Lipinski definition) is 1. The maximum absolute atomic E-state index is 14.2. The van der Waals surface area contributed by atoms with Crippen molar-refractivity contribution in [3.05, 3.63) is 53.9 Å². The molecule has 1 aliphatic heterocycles. The molecule has 4 heterocycles. The summed E-state index contributed by atoms with van der Waals surface area (Å²) in [6.45, 7) is 4.40. The summed E-state index contributed by atoms with van der Waals surface area (Å²) in [7, 11) is 0. The Morgan fingerprint density at radius 2 is 2.10 bits per heavy atom. The second-order valence-corrected chi connectivity index (χ2v) is 8.46. The molecule has 1 N–H and O–H groups in total. The maximum atomic E-state index is 14.2. The van der Waals surface area contributed by atoms with E-state index < -0.39 is 5.60 Å². The molecule has 0 atom stereocenters. The topological polar surface area (TPSA) is 79.4 Å². The van der Waals surface area contributed by atoms with Gasteiger partial charge in [0.2, 0.25) is 0 Å². The molecule has 30 heavy (non-hydrogen) atoms. The van der Waals surface area contributed by atoms with Gasteiger partial charge in [-0.05, 0) is 68.9 Å². The predicted molar refractivity (Wildman–Crippen MR) is 112 cm³/mol. The van der Waals surface area contributed by atoms with Crippen LogP contribution in [0.15, 0.2) is 36.9 Å². The predicted octanol–water partition coefficient (Wildman–Crippen LogP) is 3.60. The monoisotopic (exact) mass is 406 g/mol. The van der Waals surface area contributed by atoms with Gasteiger partial charge >= 0.3 is 0 Å². The summed E-state index contributed by atoms with van der Waals surface area (Å²) < 4.78 is 15.9. The Morgan fingerprint density at radius 3 is 2.93 bits per heavy atom. The van der Waals surface area contributed by atoms with E-state index in [0.717, 1.165) is 42.6 Å². The molecule has 0 fully saturated rings. The smallest absolute Gasteiger partial charge is 0.257 e. The lowest BCUT2D eigenvalue weighted by Crippen LogP contribution is -2.27. The molecule has 7 nitrogen and oxygen atoms in total. The van der Waals surface area contributed by atoms with E-state index in [1.54, 1.807) is 16.8 Å². The third kappa shape index (κ3) is 3.27. The van der Waals surface area contributed by atoms with Crippen molar-refractivity contribution >= 4 is 28.2 Å². The van der Waals surface area contributed by atoms with Crippen LogP contribution in [0.1, 0.15) is 37.8 Å². The number of nitrogens with zero attached hydrogens (tertiary/aromatic N) is 6. The standard InChI is InChI=1S/C22H23FN6O/c1-22(2,30)8-7-14-11-24-12-19-16(14)4-3-9-28(19)20-17-10-15(23)5-6-18(17)29-13-25-27-21(29)26-20/h5-6,10-13,30H,3-4,7-9H2,1-2H3. The summed E-state index contributed by atoms with van der Waals surface area (Å²) >= 11 is 0. The highest BCUT2D eigenvalue weighted by Crippen LogP contribution is 2.38. The van der Waals surface area contributed by atoms with Gasteiger partial charge in [-0.25, -0.2) is 4.39 Å². The molecule has 1 aromatic carbocycles. The van der Waals surface area contributed by atoms with Gasteiger partial charge in [-0.3, -0.25) is 9.38 Å². The van der Waals surface area contributed by atoms with Crippen molar-refractivity contribution in [1.82, 2.24) is 24.6 Å². The van der Waals surface area contributed by atoms with Crippen LogP contribution in [0.3, 0.4) is 0 Å². The van der Waals surface area contributed by atoms with Gasteiger partial charge in [-0.15, -0.1) is 10.2 Å². The van der Waals surface area contributed by atoms with Gasteiger partial charge in [-0.2, -0.15) is 4.98 Å². The fraction of sp³-hybridized carbons (Fsp3) is 0.364. The molecular weight excluding hydrogens is 383 g/mol. The number of rotatable bonds is 4. The zero-order valence-electron chi connectivity index (χ0n) is 17.0. The summed E-state index contributed by atoms with van der Waals surface area (Å²) in [4.78, 5) is 11.3. The fourth-order valence-electron chi connectivity index (χ4n) is 4.18. The SMILES string of the molecule is CC(C)(O)CCc1cncc2c1CCCN2c1nc2nncn2c2ccc(F)cc12. The second-order valence-electron chi connectivity index (χ2n) is 8.46. The molecule has 5 rings (SSSR count). The van der Waals surface area contributed by atoms with Crippen molar-refractivity contribution in [2.24, 2.45) is 0 Å². The van der Waals surface area contributed by atoms with E-state index in [1.165, 1.54) is 17.7 Å². The highest BCUT2D eigenvalue weighted by molar-refractivity contribution is 5.94. The third-order valence-corrected chi connectivity index (χ3v) is 5.68. The molecule has 154 valence electrons. The number of aromatic nitrogens is 5. The summed E-state index contributed by atoms with van der Waals surface area (Å²) in [5.74, 6) is 0.821. The first-order chi connectivity index (χ1) is 14.4. The van der Waals surface area contributed by atoms with E-state index in [9.17, 15) is 9.50 Å². The first-order valence-corrected chi connectivity index (χ1v) is 10.2. The largest absolute Gasteiger partial charge is 0.390 e. The van der Waals surface area contributed by atoms with Crippen molar-refractivity contribution in [1.29, 1.82) is 0 Å². The molecular formula is C22H23FN6O. The van der Waals surface area contributed by atoms with Crippen molar-refractivity contribution in [3.8, 4) is 0 Å². The summed E-state index contributed by atoms with van der Waals surface area (Å²) in [6, 6.07) is 4.68. The maximum Gasteiger partial charge on any atom is 0.257 e. The Bertz CT molecular complexity index is 1250. The lowest BCUT2D eigenvalue weighted by Gasteiger charge is -2.32. The zero-order valence-corrected chi connectivity index (χ0v) is 17.0. The van der Waals surface area contributed by atoms with Gasteiger partial charge in [0, 0.05) is 18.1 Å². The van der Waals surface area contributed by atoms with Crippen LogP contribution in [0.5, 0.6) is 0 Å². The Morgan fingerprint density at radius 1 is 1.23 bits per heavy atom. The van der Waals surface area contributed by atoms with Crippen LogP contribution in [-0.2, 0) is 12.8 Å². The molecule has 0 radical (unpaired) electrons. The first-order valence-electron chi connectivity index (χ1n) is 10.2. The molecule has 8 heteroatoms. The van der Waals surface area contributed by atoms with E-state index in [4.69, 9.17) is 4.98 Å². The lowest BCUT2D eigenvalue weighted by molar-refractivity contribution is 0.0713. The minimum absolute atomic E-state index is 0.313. The minimum atomic E-state index is -0.731. The second kappa shape index (κ2) is 6.98. The number of aryl methyl sites for hydroxylation is 1. The Balaban J connectivity index is 1.66. The van der Waals surface area contributed by atoms with Gasteiger partial charge < -0.3 is 10.0 Å². The molecule has 0 unspecified atom stereocenters. The number of anilines is 2. The zero-order chi connectivity index (χ0) is 20.9. The van der Waals surface area contributed by atoms with E-state index in [2.05, 4.69) is 20.1 Å². The molecule has 4 aromatic rings. The fourth-order valence-corrected chi connectivity index (χ4v) is 4.18. The molecule has 0 amide bonds. The van der Waals surface area contributed by atoms with Crippen LogP contribution in [0.2, 0.25) is 0 Å². The van der Waals surface area contributed by atoms with Gasteiger partial charge in [0.1, 0.15) is 18.0 Å². The average molecular weight is 406 g/mol. The Labute approximate surface area is 173 Å². The molecule has 1 aliphatic rings. The van der Waals surface area contributed by atoms with Gasteiger partial charge in [0.25, 0.3) is 5.78 Å². The highest BCUT2D eigenvalue weighted by atomic mass is 19.1. The van der Waals surface area contributed by atoms with Crippen molar-refractivity contribution in [3.63, 3.8) is 0 Å². The van der Waals surface area contributed by atoms with Crippen molar-refractivity contribution in [2.75, 3.05) is 11.4 Å². The summed E-state index contributed by atoms with van der Waals surface area (Å²) in [6.07, 6.45) is 8.62. The van der Waals surface area contributed by atoms with Crippen molar-refractivity contribution < 1.29 is 9.50 Å². The van der Waals surface area contributed by atoms with Crippen LogP contribution < -0.4 is 4.90 Å². The summed E-state index contributed by atoms with van der Waals surface area (Å²) in [5.41, 5.74) is 3.41. The molecule has 0 saturated carbocycles. The summed E-state index contributed by atoms with van der Waals surface area (Å²) in [5, 5.41) is 18.9. The number of aliphatic hydroxyl groups is 1. The average Bonchev–Trinajstić information content (AvgIpc) is 3.19. The van der Waals surface area contributed by atoms with Crippen LogP contribution in [0.25, 0.3) is 16.7 Å². The van der Waals surface area contributed by atoms with Crippen LogP contribution >= 0.6 is 0 Å². The van der Waals surface area contributed by atoms with E-state index in [1.807, 2.05) is 26.2 Å². The molecule has 0 saturated heterocycles. The molecule has 0 bridgehead atoms. The third-order valence-electron chi connectivity index (χ3n) is 5.68. The normalized spacial score (nSPS) is 14.5. The first kappa shape index (κ1) is 18.9. The van der Waals surface area contributed by atoms with Crippen LogP contribution in [-0.4, -0.2) is 41.8 Å². The highest BCUT2D eigenvalue weighted by Gasteiger charge is 2.25. The number of pyridine rings is 1. The Hall–Kier alpha value is -3.13. The van der Waals surface area contributed by atoms with Crippen LogP contribution in [0.4, 0.5) is 15.9 Å². The van der Waals surface area contributed by atoms with E-state index in [-0.39, 0.29) is 5.82 Å². The minimum Gasteiger partial charge on any atom is -0.390 e. The van der Waals surface area contributed by atoms with Crippen molar-refractivity contribution in [2.45, 2.75) is 45.1 Å². The number of fused-ring (bicyclic) bond motifs is 4. The number of benzene rings is 1. The Kier molecular flexibility index (Phi) is 4.39. The number of hydrogen-bond acceptors (Lipinski definition) is 6. The lowest BCUT2D eigenvalue weighted by atomic mass is 9.92. The quantitative estimate of drug-likeness (QED) is 0.558. The van der Waals surface area contributed by atoms with E-state index in [0.29, 0.717) is 23.4 Å². The number of halogens is 1. The van der Waals surface area contributed by atoms with Gasteiger partial charge in [0.05, 0.1) is 23.0 Å². The van der Waals surface area contributed by atoms with Gasteiger partial charge in [0.15, 0.2) is 0 Å². The molecule has 3 aromatic heterocycles. The van der Waals surface area contributed by atoms with E-state index >= 15 is 0 Å². The molecule has 0 spiro atoms. The molecule has 0 aliphatic carbocycles. The van der Waals surface area contributed by atoms with Crippen LogP contribution in [0, 0.1) is 5.82 Å². The van der Waals surface area contributed by atoms with Gasteiger partial charge in [-0.1, -0.05) is 0 Å².